The molecule has 116 valence electrons. The first kappa shape index (κ1) is 14.2. The summed E-state index contributed by atoms with van der Waals surface area (Å²) in [5, 5.41) is 9.59. The van der Waals surface area contributed by atoms with Gasteiger partial charge in [-0.3, -0.25) is 4.68 Å². The van der Waals surface area contributed by atoms with E-state index in [-0.39, 0.29) is 12.1 Å². The second-order valence-electron chi connectivity index (χ2n) is 4.93. The van der Waals surface area contributed by atoms with Crippen LogP contribution in [0.4, 0.5) is 10.5 Å². The minimum Gasteiger partial charge on any atom is -0.486 e. The van der Waals surface area contributed by atoms with Crippen LogP contribution in [0.1, 0.15) is 6.92 Å². The van der Waals surface area contributed by atoms with Crippen LogP contribution in [0.15, 0.2) is 36.7 Å². The van der Waals surface area contributed by atoms with Gasteiger partial charge in [0.1, 0.15) is 6.61 Å². The molecule has 0 bridgehead atoms. The summed E-state index contributed by atoms with van der Waals surface area (Å²) >= 11 is 0. The van der Waals surface area contributed by atoms with Gasteiger partial charge >= 0.3 is 6.03 Å². The Bertz CT molecular complexity index is 656. The van der Waals surface area contributed by atoms with Crippen molar-refractivity contribution in [3.05, 3.63) is 36.7 Å². The zero-order valence-corrected chi connectivity index (χ0v) is 12.3. The molecular weight excluding hydrogens is 284 g/mol. The molecule has 1 atom stereocenters. The van der Waals surface area contributed by atoms with E-state index in [2.05, 4.69) is 15.7 Å². The summed E-state index contributed by atoms with van der Waals surface area (Å²) in [6.45, 7) is 3.45. The second kappa shape index (κ2) is 6.38. The Morgan fingerprint density at radius 1 is 1.41 bits per heavy atom. The Labute approximate surface area is 128 Å². The molecule has 1 aliphatic rings. The van der Waals surface area contributed by atoms with Gasteiger partial charge in [0.25, 0.3) is 0 Å². The number of urea groups is 1. The lowest BCUT2D eigenvalue weighted by atomic mass is 10.2. The van der Waals surface area contributed by atoms with Crippen molar-refractivity contribution in [2.45, 2.75) is 19.6 Å². The first-order valence-electron chi connectivity index (χ1n) is 7.20. The van der Waals surface area contributed by atoms with Crippen molar-refractivity contribution in [2.75, 3.05) is 18.5 Å². The number of nitrogens with one attached hydrogen (secondary N) is 2. The van der Waals surface area contributed by atoms with Gasteiger partial charge in [0.15, 0.2) is 17.6 Å². The number of anilines is 1. The average Bonchev–Trinajstić information content (AvgIpc) is 2.94. The summed E-state index contributed by atoms with van der Waals surface area (Å²) in [4.78, 5) is 11.4. The van der Waals surface area contributed by atoms with E-state index >= 15 is 0 Å². The van der Waals surface area contributed by atoms with Crippen molar-refractivity contribution in [1.82, 2.24) is 15.1 Å². The zero-order chi connectivity index (χ0) is 15.4. The number of aromatic nitrogens is 2. The summed E-state index contributed by atoms with van der Waals surface area (Å²) in [5.41, 5.74) is 0.642. The number of hydrogen-bond donors (Lipinski definition) is 2. The second-order valence-corrected chi connectivity index (χ2v) is 4.93. The van der Waals surface area contributed by atoms with Gasteiger partial charge < -0.3 is 20.1 Å². The van der Waals surface area contributed by atoms with Gasteiger partial charge in [-0.2, -0.15) is 5.10 Å². The van der Waals surface area contributed by atoms with Gasteiger partial charge in [0, 0.05) is 12.7 Å². The molecule has 1 aromatic heterocycles. The molecule has 1 aliphatic heterocycles. The quantitative estimate of drug-likeness (QED) is 0.904. The van der Waals surface area contributed by atoms with E-state index in [1.807, 2.05) is 31.2 Å². The maximum absolute atomic E-state index is 11.4. The highest BCUT2D eigenvalue weighted by Crippen LogP contribution is 2.31. The van der Waals surface area contributed by atoms with Gasteiger partial charge in [-0.1, -0.05) is 12.1 Å². The molecule has 3 rings (SSSR count). The number of benzene rings is 1. The van der Waals surface area contributed by atoms with Crippen LogP contribution in [0, 0.1) is 0 Å². The average molecular weight is 302 g/mol. The molecule has 0 fully saturated rings. The maximum atomic E-state index is 11.4. The van der Waals surface area contributed by atoms with Crippen LogP contribution in [0.5, 0.6) is 11.5 Å². The number of para-hydroxylation sites is 2. The molecule has 22 heavy (non-hydrogen) atoms. The summed E-state index contributed by atoms with van der Waals surface area (Å²) in [5.74, 6) is 1.50. The van der Waals surface area contributed by atoms with Crippen molar-refractivity contribution in [1.29, 1.82) is 0 Å². The van der Waals surface area contributed by atoms with Gasteiger partial charge in [0.2, 0.25) is 0 Å². The van der Waals surface area contributed by atoms with Crippen LogP contribution in [0.3, 0.4) is 0 Å². The smallest absolute Gasteiger partial charge is 0.319 e. The van der Waals surface area contributed by atoms with Crippen LogP contribution in [0.2, 0.25) is 0 Å². The fraction of sp³-hybridized carbons (Fsp3) is 0.333. The summed E-state index contributed by atoms with van der Waals surface area (Å²) < 4.78 is 13.3. The Balaban J connectivity index is 1.58. The number of fused-ring (bicyclic) bond motifs is 1. The third kappa shape index (κ3) is 3.30. The largest absolute Gasteiger partial charge is 0.486 e. The van der Waals surface area contributed by atoms with Crippen LogP contribution < -0.4 is 20.1 Å². The molecule has 0 radical (unpaired) electrons. The highest BCUT2D eigenvalue weighted by atomic mass is 16.6. The number of carbonyl (C=O) groups is 1. The Kier molecular flexibility index (Phi) is 4.13. The molecule has 7 nitrogen and oxygen atoms in total. The molecule has 0 saturated heterocycles. The lowest BCUT2D eigenvalue weighted by Crippen LogP contribution is -2.33. The zero-order valence-electron chi connectivity index (χ0n) is 12.3. The van der Waals surface area contributed by atoms with E-state index in [4.69, 9.17) is 9.47 Å². The van der Waals surface area contributed by atoms with Gasteiger partial charge in [-0.15, -0.1) is 0 Å². The highest BCUT2D eigenvalue weighted by Gasteiger charge is 2.21. The first-order valence-corrected chi connectivity index (χ1v) is 7.20. The lowest BCUT2D eigenvalue weighted by molar-refractivity contribution is 0.0759. The monoisotopic (exact) mass is 302 g/mol. The molecule has 0 spiro atoms. The van der Waals surface area contributed by atoms with Crippen LogP contribution in [-0.2, 0) is 6.54 Å². The molecule has 2 heterocycles. The minimum absolute atomic E-state index is 0.118. The molecule has 0 aliphatic carbocycles. The molecule has 1 unspecified atom stereocenters. The number of rotatable bonds is 4. The van der Waals surface area contributed by atoms with Gasteiger partial charge in [0.05, 0.1) is 18.4 Å². The van der Waals surface area contributed by atoms with E-state index in [0.29, 0.717) is 25.4 Å². The van der Waals surface area contributed by atoms with E-state index in [1.165, 1.54) is 0 Å². The number of carbonyl (C=O) groups excluding carboxylic acids is 1. The normalized spacial score (nSPS) is 16.1. The SMILES string of the molecule is CCNC(=O)Nc1cnn(CC2COc3ccccc3O2)c1. The maximum Gasteiger partial charge on any atom is 0.319 e. The molecule has 2 N–H and O–H groups in total. The molecule has 0 saturated carbocycles. The lowest BCUT2D eigenvalue weighted by Gasteiger charge is -2.26. The van der Waals surface area contributed by atoms with Gasteiger partial charge in [-0.25, -0.2) is 4.79 Å². The summed E-state index contributed by atoms with van der Waals surface area (Å²) in [6, 6.07) is 7.34. The number of hydrogen-bond acceptors (Lipinski definition) is 4. The third-order valence-electron chi connectivity index (χ3n) is 3.19. The fourth-order valence-electron chi connectivity index (χ4n) is 2.23. The Hall–Kier alpha value is -2.70. The molecule has 2 amide bonds. The Morgan fingerprint density at radius 2 is 2.23 bits per heavy atom. The Morgan fingerprint density at radius 3 is 3.05 bits per heavy atom. The highest BCUT2D eigenvalue weighted by molar-refractivity contribution is 5.88. The van der Waals surface area contributed by atoms with Crippen molar-refractivity contribution in [3.8, 4) is 11.5 Å². The predicted octanol–water partition coefficient (Wildman–Crippen LogP) is 1.86. The topological polar surface area (TPSA) is 77.4 Å². The minimum atomic E-state index is -0.242. The molecule has 2 aromatic rings. The van der Waals surface area contributed by atoms with E-state index in [9.17, 15) is 4.79 Å². The standard InChI is InChI=1S/C15H18N4O3/c1-2-16-15(20)18-11-7-17-19(8-11)9-12-10-21-13-5-3-4-6-14(13)22-12/h3-8,12H,2,9-10H2,1H3,(H2,16,18,20). The van der Waals surface area contributed by atoms with Crippen molar-refractivity contribution in [3.63, 3.8) is 0 Å². The molecule has 1 aromatic carbocycles. The summed E-state index contributed by atoms with van der Waals surface area (Å²) in [7, 11) is 0. The van der Waals surface area contributed by atoms with Crippen molar-refractivity contribution in [2.24, 2.45) is 0 Å². The van der Waals surface area contributed by atoms with Crippen molar-refractivity contribution < 1.29 is 14.3 Å². The summed E-state index contributed by atoms with van der Waals surface area (Å²) in [6.07, 6.45) is 3.25. The molecule has 7 heteroatoms. The number of ether oxygens (including phenoxy) is 2. The van der Waals surface area contributed by atoms with E-state index in [0.717, 1.165) is 11.5 Å². The number of amides is 2. The van der Waals surface area contributed by atoms with Crippen LogP contribution >= 0.6 is 0 Å². The van der Waals surface area contributed by atoms with E-state index < -0.39 is 0 Å². The van der Waals surface area contributed by atoms with Crippen LogP contribution in [-0.4, -0.2) is 35.1 Å². The first-order chi connectivity index (χ1) is 10.7. The fourth-order valence-corrected chi connectivity index (χ4v) is 2.23. The third-order valence-corrected chi connectivity index (χ3v) is 3.19. The van der Waals surface area contributed by atoms with Crippen LogP contribution in [0.25, 0.3) is 0 Å². The number of nitrogens with zero attached hydrogens (tertiary/aromatic N) is 2. The van der Waals surface area contributed by atoms with Gasteiger partial charge in [-0.05, 0) is 19.1 Å². The van der Waals surface area contributed by atoms with Crippen molar-refractivity contribution >= 4 is 11.7 Å². The predicted molar refractivity (Wildman–Crippen MR) is 81.3 cm³/mol. The molecular formula is C15H18N4O3. The van der Waals surface area contributed by atoms with E-state index in [1.54, 1.807) is 17.1 Å².